The molecule has 5 N–H and O–H groups in total. The quantitative estimate of drug-likeness (QED) is 0.0312. The van der Waals surface area contributed by atoms with E-state index in [1.54, 1.807) is 19.1 Å². The zero-order chi connectivity index (χ0) is 41.7. The van der Waals surface area contributed by atoms with Crippen molar-refractivity contribution in [2.24, 2.45) is 5.92 Å². The maximum Gasteiger partial charge on any atom is 0.407 e. The third-order valence-corrected chi connectivity index (χ3v) is 9.75. The maximum atomic E-state index is 13.5. The lowest BCUT2D eigenvalue weighted by Crippen LogP contribution is -2.46. The Labute approximate surface area is 340 Å². The number of rotatable bonds is 24. The van der Waals surface area contributed by atoms with Crippen molar-refractivity contribution in [3.8, 4) is 11.1 Å². The first-order valence-corrected chi connectivity index (χ1v) is 19.8. The average molecular weight is 797 g/mol. The highest BCUT2D eigenvalue weighted by Gasteiger charge is 2.31. The standard InChI is InChI=1S/C45H56N4O9/c1-4-6-24-40(49-45(55)58-30-39-37-22-12-10-20-35(37)36-21-11-13-23-38(36)39)43(53)56-29-34(48-42(52)33(16-5-2)26-41(51)47-31(3)27-50)19-14-15-25-46-44(54)57-28-32-17-8-7-9-18-32/h4-5,7-13,17-18,20-23,31,33-34,39-40,50H,1-2,6,14-16,19,24-30H2,3H3,(H,46,54)(H,47,51)(H,48,52)(H,49,55)/t31-,33-,34+,40+/m1/s1. The number of aliphatic hydroxyl groups is 1. The number of fused-ring (bicyclic) bond motifs is 3. The van der Waals surface area contributed by atoms with E-state index in [2.05, 4.69) is 34.4 Å². The second-order valence-electron chi connectivity index (χ2n) is 14.3. The van der Waals surface area contributed by atoms with Gasteiger partial charge in [-0.1, -0.05) is 91.0 Å². The van der Waals surface area contributed by atoms with E-state index in [-0.39, 0.29) is 51.6 Å². The summed E-state index contributed by atoms with van der Waals surface area (Å²) in [6, 6.07) is 23.1. The molecule has 13 heteroatoms. The first-order valence-electron chi connectivity index (χ1n) is 19.8. The van der Waals surface area contributed by atoms with Crippen molar-refractivity contribution < 1.29 is 43.3 Å². The predicted molar refractivity (Wildman–Crippen MR) is 220 cm³/mol. The summed E-state index contributed by atoms with van der Waals surface area (Å²) >= 11 is 0. The highest BCUT2D eigenvalue weighted by Crippen LogP contribution is 2.44. The summed E-state index contributed by atoms with van der Waals surface area (Å²) in [5.41, 5.74) is 5.16. The lowest BCUT2D eigenvalue weighted by molar-refractivity contribution is -0.147. The van der Waals surface area contributed by atoms with Gasteiger partial charge in [-0.3, -0.25) is 9.59 Å². The van der Waals surface area contributed by atoms with Crippen LogP contribution in [0.4, 0.5) is 9.59 Å². The molecule has 3 aromatic carbocycles. The molecule has 0 aliphatic heterocycles. The topological polar surface area (TPSA) is 181 Å². The van der Waals surface area contributed by atoms with Crippen molar-refractivity contribution in [1.82, 2.24) is 21.3 Å². The monoisotopic (exact) mass is 796 g/mol. The van der Waals surface area contributed by atoms with Crippen LogP contribution in [0.15, 0.2) is 104 Å². The number of allylic oxidation sites excluding steroid dienone is 2. The molecule has 4 rings (SSSR count). The SMILES string of the molecule is C=CCC[C@H](NC(=O)OCC1c2ccccc2-c2ccccc21)C(=O)OC[C@H](CCCCNC(=O)OCc1ccccc1)NC(=O)[C@H](CC=C)CC(=O)N[C@H](C)CO. The van der Waals surface area contributed by atoms with Gasteiger partial charge in [0.05, 0.1) is 18.6 Å². The lowest BCUT2D eigenvalue weighted by atomic mass is 9.98. The van der Waals surface area contributed by atoms with Crippen LogP contribution < -0.4 is 21.3 Å². The van der Waals surface area contributed by atoms with Crippen LogP contribution in [0.5, 0.6) is 0 Å². The lowest BCUT2D eigenvalue weighted by Gasteiger charge is -2.24. The Morgan fingerprint density at radius 1 is 0.776 bits per heavy atom. The minimum Gasteiger partial charge on any atom is -0.462 e. The van der Waals surface area contributed by atoms with Crippen LogP contribution in [-0.4, -0.2) is 79.6 Å². The fourth-order valence-corrected chi connectivity index (χ4v) is 6.68. The van der Waals surface area contributed by atoms with Gasteiger partial charge < -0.3 is 40.6 Å². The average Bonchev–Trinajstić information content (AvgIpc) is 3.55. The third kappa shape index (κ3) is 14.2. The first kappa shape index (κ1) is 44.8. The van der Waals surface area contributed by atoms with Crippen LogP contribution in [0.1, 0.15) is 74.5 Å². The van der Waals surface area contributed by atoms with Gasteiger partial charge in [-0.2, -0.15) is 0 Å². The molecule has 1 aliphatic rings. The van der Waals surface area contributed by atoms with Crippen molar-refractivity contribution in [1.29, 1.82) is 0 Å². The Bertz CT molecular complexity index is 1790. The second-order valence-corrected chi connectivity index (χ2v) is 14.3. The Hall–Kier alpha value is -5.95. The molecule has 1 aliphatic carbocycles. The second kappa shape index (κ2) is 24.0. The summed E-state index contributed by atoms with van der Waals surface area (Å²) in [6.07, 6.45) is 3.96. The number of unbranched alkanes of at least 4 members (excludes halogenated alkanes) is 1. The van der Waals surface area contributed by atoms with E-state index in [0.29, 0.717) is 32.2 Å². The molecule has 3 aromatic rings. The van der Waals surface area contributed by atoms with Gasteiger partial charge in [0.1, 0.15) is 25.9 Å². The molecule has 4 amide bonds. The van der Waals surface area contributed by atoms with Crippen molar-refractivity contribution >= 4 is 30.0 Å². The van der Waals surface area contributed by atoms with Crippen LogP contribution in [-0.2, 0) is 35.2 Å². The molecular formula is C45H56N4O9. The largest absolute Gasteiger partial charge is 0.462 e. The van der Waals surface area contributed by atoms with Crippen molar-refractivity contribution in [2.75, 3.05) is 26.4 Å². The number of carbonyl (C=O) groups is 5. The number of hydrogen-bond acceptors (Lipinski definition) is 9. The molecule has 4 atom stereocenters. The first-order chi connectivity index (χ1) is 28.1. The number of nitrogens with one attached hydrogen (secondary N) is 4. The van der Waals surface area contributed by atoms with Crippen molar-refractivity contribution in [3.05, 3.63) is 121 Å². The number of hydrogen-bond donors (Lipinski definition) is 5. The normalized spacial score (nSPS) is 13.6. The molecule has 0 saturated heterocycles. The summed E-state index contributed by atoms with van der Waals surface area (Å²) in [7, 11) is 0. The maximum absolute atomic E-state index is 13.5. The smallest absolute Gasteiger partial charge is 0.407 e. The number of alkyl carbamates (subject to hydrolysis) is 2. The number of carbonyl (C=O) groups excluding carboxylic acids is 5. The molecule has 0 heterocycles. The molecule has 0 bridgehead atoms. The molecule has 0 unspecified atom stereocenters. The Morgan fingerprint density at radius 2 is 1.45 bits per heavy atom. The van der Waals surface area contributed by atoms with E-state index in [0.717, 1.165) is 27.8 Å². The number of amides is 4. The molecule has 0 aromatic heterocycles. The molecule has 0 spiro atoms. The molecule has 0 fully saturated rings. The molecular weight excluding hydrogens is 741 g/mol. The molecule has 58 heavy (non-hydrogen) atoms. The third-order valence-electron chi connectivity index (χ3n) is 9.75. The van der Waals surface area contributed by atoms with E-state index < -0.39 is 54.0 Å². The van der Waals surface area contributed by atoms with E-state index >= 15 is 0 Å². The summed E-state index contributed by atoms with van der Waals surface area (Å²) < 4.78 is 16.7. The van der Waals surface area contributed by atoms with Gasteiger partial charge in [0.15, 0.2) is 0 Å². The highest BCUT2D eigenvalue weighted by molar-refractivity contribution is 5.86. The van der Waals surface area contributed by atoms with Crippen molar-refractivity contribution in [3.63, 3.8) is 0 Å². The number of esters is 1. The van der Waals surface area contributed by atoms with Crippen LogP contribution in [0.25, 0.3) is 11.1 Å². The van der Waals surface area contributed by atoms with E-state index in [9.17, 15) is 29.1 Å². The predicted octanol–water partition coefficient (Wildman–Crippen LogP) is 6.06. The van der Waals surface area contributed by atoms with Crippen LogP contribution in [0, 0.1) is 5.92 Å². The van der Waals surface area contributed by atoms with Crippen LogP contribution in [0.2, 0.25) is 0 Å². The molecule has 0 radical (unpaired) electrons. The Morgan fingerprint density at radius 3 is 2.10 bits per heavy atom. The minimum absolute atomic E-state index is 0.0691. The molecule has 310 valence electrons. The van der Waals surface area contributed by atoms with Gasteiger partial charge >= 0.3 is 18.2 Å². The van der Waals surface area contributed by atoms with E-state index in [4.69, 9.17) is 14.2 Å². The van der Waals surface area contributed by atoms with Gasteiger partial charge in [0.2, 0.25) is 11.8 Å². The Balaban J connectivity index is 1.35. The van der Waals surface area contributed by atoms with Gasteiger partial charge in [-0.25, -0.2) is 14.4 Å². The fourth-order valence-electron chi connectivity index (χ4n) is 6.68. The fraction of sp³-hybridized carbons (Fsp3) is 0.400. The van der Waals surface area contributed by atoms with E-state index in [1.165, 1.54) is 0 Å². The highest BCUT2D eigenvalue weighted by atomic mass is 16.6. The number of benzene rings is 3. The Kier molecular flexibility index (Phi) is 18.5. The molecule has 0 saturated carbocycles. The van der Waals surface area contributed by atoms with Gasteiger partial charge in [-0.15, -0.1) is 13.2 Å². The zero-order valence-corrected chi connectivity index (χ0v) is 33.2. The van der Waals surface area contributed by atoms with Gasteiger partial charge in [-0.05, 0) is 73.3 Å². The van der Waals surface area contributed by atoms with Crippen molar-refractivity contribution in [2.45, 2.75) is 82.5 Å². The zero-order valence-electron chi connectivity index (χ0n) is 33.2. The van der Waals surface area contributed by atoms with Gasteiger partial charge in [0, 0.05) is 24.9 Å². The van der Waals surface area contributed by atoms with Crippen LogP contribution in [0.3, 0.4) is 0 Å². The van der Waals surface area contributed by atoms with E-state index in [1.807, 2.05) is 78.9 Å². The van der Waals surface area contributed by atoms with Gasteiger partial charge in [0.25, 0.3) is 0 Å². The minimum atomic E-state index is -1.05. The summed E-state index contributed by atoms with van der Waals surface area (Å²) in [5, 5.41) is 20.3. The summed E-state index contributed by atoms with van der Waals surface area (Å²) in [6.45, 7) is 9.16. The number of aliphatic hydroxyl groups excluding tert-OH is 1. The van der Waals surface area contributed by atoms with Crippen LogP contribution >= 0.6 is 0 Å². The summed E-state index contributed by atoms with van der Waals surface area (Å²) in [4.78, 5) is 65.0. The molecule has 13 nitrogen and oxygen atoms in total. The number of ether oxygens (including phenoxy) is 3. The summed E-state index contributed by atoms with van der Waals surface area (Å²) in [5.74, 6) is -2.47.